The summed E-state index contributed by atoms with van der Waals surface area (Å²) in [6.07, 6.45) is 23.1. The highest BCUT2D eigenvalue weighted by molar-refractivity contribution is 5.76. The second-order valence-corrected chi connectivity index (χ2v) is 11.0. The molecular formula is C30H56O4. The predicted octanol–water partition coefficient (Wildman–Crippen LogP) is 8.80. The molecule has 0 radical (unpaired) electrons. The number of hydrogen-bond acceptors (Lipinski definition) is 4. The lowest BCUT2D eigenvalue weighted by molar-refractivity contribution is -0.155. The van der Waals surface area contributed by atoms with Crippen molar-refractivity contribution in [2.24, 2.45) is 17.8 Å². The van der Waals surface area contributed by atoms with Crippen LogP contribution in [0, 0.1) is 17.8 Å². The minimum absolute atomic E-state index is 0.102. The van der Waals surface area contributed by atoms with E-state index in [1.165, 1.54) is 77.0 Å². The van der Waals surface area contributed by atoms with Gasteiger partial charge in [-0.15, -0.1) is 0 Å². The lowest BCUT2D eigenvalue weighted by Gasteiger charge is -2.26. The minimum atomic E-state index is -0.129. The summed E-state index contributed by atoms with van der Waals surface area (Å²) in [7, 11) is 0. The van der Waals surface area contributed by atoms with Gasteiger partial charge in [-0.05, 0) is 38.0 Å². The molecule has 0 heterocycles. The van der Waals surface area contributed by atoms with E-state index in [1.807, 2.05) is 0 Å². The Balaban J connectivity index is 2.02. The van der Waals surface area contributed by atoms with Crippen LogP contribution in [-0.4, -0.2) is 25.2 Å². The summed E-state index contributed by atoms with van der Waals surface area (Å²) in [5.74, 6) is 0.366. The molecule has 0 aromatic rings. The van der Waals surface area contributed by atoms with Crippen LogP contribution < -0.4 is 0 Å². The lowest BCUT2D eigenvalue weighted by Crippen LogP contribution is -2.30. The van der Waals surface area contributed by atoms with Crippen LogP contribution in [0.5, 0.6) is 0 Å². The summed E-state index contributed by atoms with van der Waals surface area (Å²) in [6, 6.07) is 0. The van der Waals surface area contributed by atoms with Crippen LogP contribution in [0.3, 0.4) is 0 Å². The van der Waals surface area contributed by atoms with E-state index in [2.05, 4.69) is 20.8 Å². The largest absolute Gasteiger partial charge is 0.465 e. The Hall–Kier alpha value is -1.06. The zero-order chi connectivity index (χ0) is 24.9. The van der Waals surface area contributed by atoms with Crippen molar-refractivity contribution >= 4 is 11.9 Å². The van der Waals surface area contributed by atoms with Crippen LogP contribution >= 0.6 is 0 Å². The number of ether oxygens (including phenoxy) is 2. The Morgan fingerprint density at radius 2 is 1.06 bits per heavy atom. The first-order chi connectivity index (χ1) is 16.5. The highest BCUT2D eigenvalue weighted by Crippen LogP contribution is 2.31. The average molecular weight is 481 g/mol. The fourth-order valence-corrected chi connectivity index (χ4v) is 4.97. The second-order valence-electron chi connectivity index (χ2n) is 11.0. The molecule has 0 aliphatic heterocycles. The quantitative estimate of drug-likeness (QED) is 0.122. The van der Waals surface area contributed by atoms with Crippen molar-refractivity contribution in [2.75, 3.05) is 13.2 Å². The molecule has 34 heavy (non-hydrogen) atoms. The predicted molar refractivity (Wildman–Crippen MR) is 142 cm³/mol. The van der Waals surface area contributed by atoms with E-state index in [-0.39, 0.29) is 23.8 Å². The summed E-state index contributed by atoms with van der Waals surface area (Å²) < 4.78 is 11.1. The molecule has 0 amide bonds. The Bertz CT molecular complexity index is 502. The van der Waals surface area contributed by atoms with Gasteiger partial charge < -0.3 is 9.47 Å². The number of carbonyl (C=O) groups is 2. The Labute approximate surface area is 211 Å². The maximum absolute atomic E-state index is 12.5. The molecule has 0 N–H and O–H groups in total. The third kappa shape index (κ3) is 16.5. The summed E-state index contributed by atoms with van der Waals surface area (Å²) in [4.78, 5) is 24.9. The third-order valence-corrected chi connectivity index (χ3v) is 7.25. The van der Waals surface area contributed by atoms with Crippen LogP contribution in [0.25, 0.3) is 0 Å². The SMILES string of the molecule is CCCCCCCCCOC(=O)C1CCCC(C(=O)OCCCCCCCCCCC(C)C)C1. The van der Waals surface area contributed by atoms with E-state index < -0.39 is 0 Å². The number of hydrogen-bond donors (Lipinski definition) is 0. The molecule has 200 valence electrons. The molecule has 4 heteroatoms. The van der Waals surface area contributed by atoms with Gasteiger partial charge in [-0.1, -0.05) is 117 Å². The molecule has 0 saturated heterocycles. The van der Waals surface area contributed by atoms with E-state index in [1.54, 1.807) is 0 Å². The van der Waals surface area contributed by atoms with Crippen molar-refractivity contribution in [2.45, 2.75) is 149 Å². The van der Waals surface area contributed by atoms with Gasteiger partial charge in [0.05, 0.1) is 25.0 Å². The van der Waals surface area contributed by atoms with Gasteiger partial charge in [0.1, 0.15) is 0 Å². The van der Waals surface area contributed by atoms with Crippen molar-refractivity contribution in [1.82, 2.24) is 0 Å². The van der Waals surface area contributed by atoms with Crippen molar-refractivity contribution in [3.8, 4) is 0 Å². The first-order valence-electron chi connectivity index (χ1n) is 14.9. The van der Waals surface area contributed by atoms with Crippen molar-refractivity contribution in [3.63, 3.8) is 0 Å². The summed E-state index contributed by atoms with van der Waals surface area (Å²) in [5.41, 5.74) is 0. The number of carbonyl (C=O) groups excluding carboxylic acids is 2. The molecular weight excluding hydrogens is 424 g/mol. The van der Waals surface area contributed by atoms with Gasteiger partial charge in [0, 0.05) is 0 Å². The van der Waals surface area contributed by atoms with Crippen molar-refractivity contribution in [1.29, 1.82) is 0 Å². The average Bonchev–Trinajstić information content (AvgIpc) is 2.83. The zero-order valence-electron chi connectivity index (χ0n) is 22.9. The van der Waals surface area contributed by atoms with Crippen LogP contribution in [0.15, 0.2) is 0 Å². The van der Waals surface area contributed by atoms with Crippen LogP contribution in [0.2, 0.25) is 0 Å². The van der Waals surface area contributed by atoms with Crippen molar-refractivity contribution in [3.05, 3.63) is 0 Å². The first-order valence-corrected chi connectivity index (χ1v) is 14.9. The molecule has 2 atom stereocenters. The Morgan fingerprint density at radius 3 is 1.50 bits per heavy atom. The Morgan fingerprint density at radius 1 is 0.647 bits per heavy atom. The molecule has 4 nitrogen and oxygen atoms in total. The van der Waals surface area contributed by atoms with E-state index in [4.69, 9.17) is 9.47 Å². The van der Waals surface area contributed by atoms with Gasteiger partial charge in [-0.3, -0.25) is 9.59 Å². The highest BCUT2D eigenvalue weighted by atomic mass is 16.5. The highest BCUT2D eigenvalue weighted by Gasteiger charge is 2.32. The molecule has 2 unspecified atom stereocenters. The van der Waals surface area contributed by atoms with Crippen LogP contribution in [0.4, 0.5) is 0 Å². The normalized spacial score (nSPS) is 18.2. The number of esters is 2. The summed E-state index contributed by atoms with van der Waals surface area (Å²) in [5, 5.41) is 0. The molecule has 0 bridgehead atoms. The molecule has 1 fully saturated rings. The van der Waals surface area contributed by atoms with Gasteiger partial charge in [0.25, 0.3) is 0 Å². The maximum atomic E-state index is 12.5. The van der Waals surface area contributed by atoms with E-state index in [0.717, 1.165) is 50.9 Å². The molecule has 1 rings (SSSR count). The minimum Gasteiger partial charge on any atom is -0.465 e. The van der Waals surface area contributed by atoms with E-state index in [0.29, 0.717) is 19.6 Å². The van der Waals surface area contributed by atoms with Gasteiger partial charge in [-0.25, -0.2) is 0 Å². The first kappa shape index (κ1) is 31.0. The third-order valence-electron chi connectivity index (χ3n) is 7.25. The van der Waals surface area contributed by atoms with Gasteiger partial charge in [0.2, 0.25) is 0 Å². The molecule has 0 spiro atoms. The Kier molecular flexibility index (Phi) is 19.3. The lowest BCUT2D eigenvalue weighted by atomic mass is 9.81. The molecule has 1 saturated carbocycles. The van der Waals surface area contributed by atoms with E-state index in [9.17, 15) is 9.59 Å². The van der Waals surface area contributed by atoms with Gasteiger partial charge in [-0.2, -0.15) is 0 Å². The number of unbranched alkanes of at least 4 members (excludes halogenated alkanes) is 13. The van der Waals surface area contributed by atoms with Gasteiger partial charge in [0.15, 0.2) is 0 Å². The topological polar surface area (TPSA) is 52.6 Å². The second kappa shape index (κ2) is 21.2. The van der Waals surface area contributed by atoms with Gasteiger partial charge >= 0.3 is 11.9 Å². The monoisotopic (exact) mass is 480 g/mol. The summed E-state index contributed by atoms with van der Waals surface area (Å²) >= 11 is 0. The molecule has 0 aromatic heterocycles. The number of rotatable bonds is 21. The smallest absolute Gasteiger partial charge is 0.308 e. The fourth-order valence-electron chi connectivity index (χ4n) is 4.97. The standard InChI is InChI=1S/C30H56O4/c1-4-5-6-7-11-14-17-23-33-29(31)27-21-19-22-28(25-27)30(32)34-24-18-15-12-9-8-10-13-16-20-26(2)3/h26-28H,4-25H2,1-3H3. The summed E-state index contributed by atoms with van der Waals surface area (Å²) in [6.45, 7) is 7.87. The zero-order valence-corrected chi connectivity index (χ0v) is 22.9. The molecule has 1 aliphatic carbocycles. The fraction of sp³-hybridized carbons (Fsp3) is 0.933. The van der Waals surface area contributed by atoms with Crippen molar-refractivity contribution < 1.29 is 19.1 Å². The van der Waals surface area contributed by atoms with E-state index >= 15 is 0 Å². The van der Waals surface area contributed by atoms with Crippen LogP contribution in [0.1, 0.15) is 149 Å². The van der Waals surface area contributed by atoms with Crippen LogP contribution in [-0.2, 0) is 19.1 Å². The molecule has 1 aliphatic rings. The maximum Gasteiger partial charge on any atom is 0.308 e. The molecule has 0 aromatic carbocycles.